The number of nitrogens with two attached hydrogens (primary N) is 2. The van der Waals surface area contributed by atoms with Crippen LogP contribution >= 0.6 is 11.6 Å². The molecule has 1 unspecified atom stereocenters. The number of halogens is 1. The van der Waals surface area contributed by atoms with Crippen molar-refractivity contribution in [2.75, 3.05) is 19.7 Å². The molecular weight excluding hydrogens is 260 g/mol. The summed E-state index contributed by atoms with van der Waals surface area (Å²) in [6.07, 6.45) is 1.88. The first-order chi connectivity index (χ1) is 9.12. The van der Waals surface area contributed by atoms with Crippen molar-refractivity contribution in [3.63, 3.8) is 0 Å². The molecule has 0 aliphatic rings. The van der Waals surface area contributed by atoms with E-state index < -0.39 is 0 Å². The fourth-order valence-electron chi connectivity index (χ4n) is 2.13. The molecule has 0 amide bonds. The summed E-state index contributed by atoms with van der Waals surface area (Å²) in [6, 6.07) is 5.79. The molecule has 4 heteroatoms. The van der Waals surface area contributed by atoms with Crippen LogP contribution in [0.25, 0.3) is 0 Å². The van der Waals surface area contributed by atoms with E-state index in [1.165, 1.54) is 0 Å². The van der Waals surface area contributed by atoms with Crippen molar-refractivity contribution < 1.29 is 4.74 Å². The lowest BCUT2D eigenvalue weighted by Crippen LogP contribution is -2.30. The zero-order valence-electron chi connectivity index (χ0n) is 11.9. The monoisotopic (exact) mass is 284 g/mol. The van der Waals surface area contributed by atoms with Gasteiger partial charge in [0.2, 0.25) is 0 Å². The smallest absolute Gasteiger partial charge is 0.122 e. The quantitative estimate of drug-likeness (QED) is 0.772. The Kier molecular flexibility index (Phi) is 7.21. The Morgan fingerprint density at radius 1 is 1.26 bits per heavy atom. The van der Waals surface area contributed by atoms with Crippen LogP contribution in [0.15, 0.2) is 18.2 Å². The van der Waals surface area contributed by atoms with Crippen molar-refractivity contribution in [3.05, 3.63) is 28.8 Å². The van der Waals surface area contributed by atoms with Crippen LogP contribution in [-0.2, 0) is 6.42 Å². The normalized spacial score (nSPS) is 12.7. The average molecular weight is 285 g/mol. The van der Waals surface area contributed by atoms with Crippen LogP contribution in [0.2, 0.25) is 5.02 Å². The molecule has 0 saturated carbocycles. The zero-order chi connectivity index (χ0) is 14.3. The van der Waals surface area contributed by atoms with Gasteiger partial charge in [0, 0.05) is 5.02 Å². The number of hydrogen-bond donors (Lipinski definition) is 2. The van der Waals surface area contributed by atoms with Crippen LogP contribution in [0, 0.1) is 11.8 Å². The van der Waals surface area contributed by atoms with Gasteiger partial charge >= 0.3 is 0 Å². The van der Waals surface area contributed by atoms with Gasteiger partial charge in [-0.3, -0.25) is 0 Å². The van der Waals surface area contributed by atoms with Gasteiger partial charge in [-0.2, -0.15) is 0 Å². The van der Waals surface area contributed by atoms with Gasteiger partial charge in [0.1, 0.15) is 5.75 Å². The number of ether oxygens (including phenoxy) is 1. The van der Waals surface area contributed by atoms with Crippen LogP contribution in [0.3, 0.4) is 0 Å². The van der Waals surface area contributed by atoms with Gasteiger partial charge in [-0.15, -0.1) is 0 Å². The van der Waals surface area contributed by atoms with Gasteiger partial charge in [0.05, 0.1) is 6.61 Å². The first kappa shape index (κ1) is 16.3. The summed E-state index contributed by atoms with van der Waals surface area (Å²) in [7, 11) is 0. The maximum atomic E-state index is 6.08. The predicted octanol–water partition coefficient (Wildman–Crippen LogP) is 2.84. The second kappa shape index (κ2) is 8.41. The average Bonchev–Trinajstić information content (AvgIpc) is 2.39. The summed E-state index contributed by atoms with van der Waals surface area (Å²) in [5, 5.41) is 0.739. The van der Waals surface area contributed by atoms with E-state index in [9.17, 15) is 0 Å². The summed E-state index contributed by atoms with van der Waals surface area (Å²) < 4.78 is 5.77. The third-order valence-corrected chi connectivity index (χ3v) is 3.67. The molecule has 1 rings (SSSR count). The van der Waals surface area contributed by atoms with Crippen molar-refractivity contribution in [3.8, 4) is 5.75 Å². The Bertz CT molecular complexity index is 380. The highest BCUT2D eigenvalue weighted by molar-refractivity contribution is 6.30. The highest BCUT2D eigenvalue weighted by Crippen LogP contribution is 2.27. The molecule has 3 nitrogen and oxygen atoms in total. The number of hydrogen-bond acceptors (Lipinski definition) is 3. The minimum absolute atomic E-state index is 0.331. The second-order valence-electron chi connectivity index (χ2n) is 5.01. The summed E-state index contributed by atoms with van der Waals surface area (Å²) in [4.78, 5) is 0. The molecule has 0 heterocycles. The van der Waals surface area contributed by atoms with Gasteiger partial charge in [0.15, 0.2) is 0 Å². The Hall–Kier alpha value is -0.770. The van der Waals surface area contributed by atoms with E-state index >= 15 is 0 Å². The van der Waals surface area contributed by atoms with Gasteiger partial charge in [-0.1, -0.05) is 25.4 Å². The molecular formula is C15H25ClN2O. The third kappa shape index (κ3) is 5.01. The van der Waals surface area contributed by atoms with Crippen LogP contribution in [0.1, 0.15) is 25.8 Å². The van der Waals surface area contributed by atoms with Crippen molar-refractivity contribution >= 4 is 11.6 Å². The molecule has 0 aliphatic carbocycles. The fourth-order valence-corrected chi connectivity index (χ4v) is 2.33. The summed E-state index contributed by atoms with van der Waals surface area (Å²) >= 11 is 6.08. The molecule has 1 aromatic carbocycles. The van der Waals surface area contributed by atoms with Crippen LogP contribution in [-0.4, -0.2) is 19.7 Å². The molecule has 19 heavy (non-hydrogen) atoms. The zero-order valence-corrected chi connectivity index (χ0v) is 12.6. The molecule has 0 bridgehead atoms. The standard InChI is InChI=1S/C15H25ClN2O/c1-3-6-19-15-5-4-14(16)8-12(15)7-11(2)13(9-17)10-18/h4-5,8,11,13H,3,6-7,9-10,17-18H2,1-2H3. The van der Waals surface area contributed by atoms with Crippen LogP contribution in [0.4, 0.5) is 0 Å². The summed E-state index contributed by atoms with van der Waals surface area (Å²) in [6.45, 7) is 6.22. The largest absolute Gasteiger partial charge is 0.493 e. The molecule has 0 spiro atoms. The van der Waals surface area contributed by atoms with Gasteiger partial charge in [0.25, 0.3) is 0 Å². The fraction of sp³-hybridized carbons (Fsp3) is 0.600. The lowest BCUT2D eigenvalue weighted by Gasteiger charge is -2.22. The lowest BCUT2D eigenvalue weighted by atomic mass is 9.88. The first-order valence-electron chi connectivity index (χ1n) is 6.93. The summed E-state index contributed by atoms with van der Waals surface area (Å²) in [5.41, 5.74) is 12.6. The highest BCUT2D eigenvalue weighted by atomic mass is 35.5. The molecule has 1 atom stereocenters. The predicted molar refractivity (Wildman–Crippen MR) is 81.7 cm³/mol. The van der Waals surface area contributed by atoms with Gasteiger partial charge in [-0.25, -0.2) is 0 Å². The minimum Gasteiger partial charge on any atom is -0.493 e. The first-order valence-corrected chi connectivity index (χ1v) is 7.31. The molecule has 108 valence electrons. The molecule has 0 fully saturated rings. The maximum Gasteiger partial charge on any atom is 0.122 e. The van der Waals surface area contributed by atoms with E-state index in [-0.39, 0.29) is 0 Å². The van der Waals surface area contributed by atoms with Crippen molar-refractivity contribution in [2.24, 2.45) is 23.3 Å². The molecule has 0 aliphatic heterocycles. The van der Waals surface area contributed by atoms with Crippen LogP contribution < -0.4 is 16.2 Å². The van der Waals surface area contributed by atoms with Crippen molar-refractivity contribution in [1.82, 2.24) is 0 Å². The van der Waals surface area contributed by atoms with E-state index in [0.29, 0.717) is 24.9 Å². The molecule has 0 aromatic heterocycles. The molecule has 0 radical (unpaired) electrons. The minimum atomic E-state index is 0.331. The SMILES string of the molecule is CCCOc1ccc(Cl)cc1CC(C)C(CN)CN. The summed E-state index contributed by atoms with van der Waals surface area (Å²) in [5.74, 6) is 1.67. The second-order valence-corrected chi connectivity index (χ2v) is 5.45. The Morgan fingerprint density at radius 3 is 2.53 bits per heavy atom. The third-order valence-electron chi connectivity index (χ3n) is 3.44. The van der Waals surface area contributed by atoms with Crippen molar-refractivity contribution in [2.45, 2.75) is 26.7 Å². The number of rotatable bonds is 8. The Labute approximate surface area is 121 Å². The molecule has 1 aromatic rings. The number of benzene rings is 1. The Morgan fingerprint density at radius 2 is 1.95 bits per heavy atom. The van der Waals surface area contributed by atoms with E-state index in [0.717, 1.165) is 35.8 Å². The molecule has 4 N–H and O–H groups in total. The lowest BCUT2D eigenvalue weighted by molar-refractivity contribution is 0.307. The van der Waals surface area contributed by atoms with Crippen molar-refractivity contribution in [1.29, 1.82) is 0 Å². The Balaban J connectivity index is 2.82. The van der Waals surface area contributed by atoms with E-state index in [1.807, 2.05) is 18.2 Å². The maximum absolute atomic E-state index is 6.08. The van der Waals surface area contributed by atoms with Crippen LogP contribution in [0.5, 0.6) is 5.75 Å². The topological polar surface area (TPSA) is 61.3 Å². The molecule has 0 saturated heterocycles. The van der Waals surface area contributed by atoms with Gasteiger partial charge < -0.3 is 16.2 Å². The van der Waals surface area contributed by atoms with E-state index in [1.54, 1.807) is 0 Å². The highest BCUT2D eigenvalue weighted by Gasteiger charge is 2.17. The van der Waals surface area contributed by atoms with E-state index in [4.69, 9.17) is 27.8 Å². The van der Waals surface area contributed by atoms with Gasteiger partial charge in [-0.05, 0) is 61.5 Å². The van der Waals surface area contributed by atoms with E-state index in [2.05, 4.69) is 13.8 Å².